The van der Waals surface area contributed by atoms with Crippen molar-refractivity contribution in [3.05, 3.63) is 24.3 Å². The summed E-state index contributed by atoms with van der Waals surface area (Å²) in [4.78, 5) is 4.02. The van der Waals surface area contributed by atoms with Gasteiger partial charge in [0.1, 0.15) is 0 Å². The normalized spacial score (nSPS) is 12.1. The second kappa shape index (κ2) is 3.88. The van der Waals surface area contributed by atoms with E-state index in [1.807, 2.05) is 18.2 Å². The maximum Gasteiger partial charge on any atom is 0.210 e. The van der Waals surface area contributed by atoms with Crippen LogP contribution >= 0.6 is 11.3 Å². The fraction of sp³-hybridized carbons (Fsp3) is 0.222. The Morgan fingerprint density at radius 2 is 2.07 bits per heavy atom. The number of aliphatic hydroxyl groups is 1. The molecule has 0 aliphatic carbocycles. The SMILES string of the molecule is O=S(=O)(CCO)c1nc2ccccc2s1. The van der Waals surface area contributed by atoms with Gasteiger partial charge in [-0.2, -0.15) is 0 Å². The lowest BCUT2D eigenvalue weighted by Gasteiger charge is -1.94. The van der Waals surface area contributed by atoms with Gasteiger partial charge >= 0.3 is 0 Å². The van der Waals surface area contributed by atoms with Crippen LogP contribution in [0.1, 0.15) is 0 Å². The topological polar surface area (TPSA) is 67.3 Å². The molecule has 1 aromatic carbocycles. The molecular weight excluding hydrogens is 234 g/mol. The van der Waals surface area contributed by atoms with Gasteiger partial charge in [-0.1, -0.05) is 12.1 Å². The summed E-state index contributed by atoms with van der Waals surface area (Å²) in [5.74, 6) is -0.271. The predicted octanol–water partition coefficient (Wildman–Crippen LogP) is 1.06. The number of aromatic nitrogens is 1. The van der Waals surface area contributed by atoms with Crippen molar-refractivity contribution >= 4 is 31.4 Å². The molecule has 0 spiro atoms. The number of sulfone groups is 1. The summed E-state index contributed by atoms with van der Waals surface area (Å²) in [5.41, 5.74) is 0.680. The van der Waals surface area contributed by atoms with Gasteiger partial charge in [0.25, 0.3) is 0 Å². The molecule has 2 aromatic rings. The zero-order valence-corrected chi connectivity index (χ0v) is 9.38. The number of fused-ring (bicyclic) bond motifs is 1. The third-order valence-electron chi connectivity index (χ3n) is 1.90. The van der Waals surface area contributed by atoms with E-state index < -0.39 is 9.84 Å². The van der Waals surface area contributed by atoms with Crippen molar-refractivity contribution < 1.29 is 13.5 Å². The first-order valence-electron chi connectivity index (χ1n) is 4.33. The smallest absolute Gasteiger partial charge is 0.210 e. The van der Waals surface area contributed by atoms with Gasteiger partial charge in [0.2, 0.25) is 14.2 Å². The van der Waals surface area contributed by atoms with Crippen LogP contribution in [0.5, 0.6) is 0 Å². The average Bonchev–Trinajstić information content (AvgIpc) is 2.61. The number of para-hydroxylation sites is 1. The highest BCUT2D eigenvalue weighted by Gasteiger charge is 2.18. The van der Waals surface area contributed by atoms with E-state index in [2.05, 4.69) is 4.98 Å². The van der Waals surface area contributed by atoms with Gasteiger partial charge in [-0.05, 0) is 12.1 Å². The highest BCUT2D eigenvalue weighted by Crippen LogP contribution is 2.25. The Balaban J connectivity index is 2.54. The van der Waals surface area contributed by atoms with Crippen molar-refractivity contribution in [1.29, 1.82) is 0 Å². The maximum absolute atomic E-state index is 11.6. The van der Waals surface area contributed by atoms with Crippen LogP contribution in [0, 0.1) is 0 Å². The number of aliphatic hydroxyl groups excluding tert-OH is 1. The molecule has 1 heterocycles. The molecule has 0 unspecified atom stereocenters. The molecule has 1 aromatic heterocycles. The Hall–Kier alpha value is -0.980. The fourth-order valence-electron chi connectivity index (χ4n) is 1.19. The van der Waals surface area contributed by atoms with Gasteiger partial charge in [0.05, 0.1) is 22.6 Å². The number of hydrogen-bond acceptors (Lipinski definition) is 5. The van der Waals surface area contributed by atoms with E-state index in [1.165, 1.54) is 0 Å². The van der Waals surface area contributed by atoms with Crippen LogP contribution in [0.25, 0.3) is 10.2 Å². The van der Waals surface area contributed by atoms with Gasteiger partial charge in [-0.15, -0.1) is 11.3 Å². The minimum Gasteiger partial charge on any atom is -0.395 e. The summed E-state index contributed by atoms with van der Waals surface area (Å²) in [7, 11) is -3.41. The summed E-state index contributed by atoms with van der Waals surface area (Å²) in [6, 6.07) is 7.24. The van der Waals surface area contributed by atoms with Crippen LogP contribution in [0.4, 0.5) is 0 Å². The third-order valence-corrected chi connectivity index (χ3v) is 5.09. The molecule has 0 aliphatic heterocycles. The lowest BCUT2D eigenvalue weighted by atomic mass is 10.3. The Bertz CT molecular complexity index is 541. The summed E-state index contributed by atoms with van der Waals surface area (Å²) >= 11 is 1.13. The first kappa shape index (κ1) is 10.5. The summed E-state index contributed by atoms with van der Waals surface area (Å²) < 4.78 is 24.1. The molecule has 15 heavy (non-hydrogen) atoms. The van der Waals surface area contributed by atoms with Crippen LogP contribution in [0.15, 0.2) is 28.6 Å². The number of hydrogen-bond donors (Lipinski definition) is 1. The van der Waals surface area contributed by atoms with E-state index in [-0.39, 0.29) is 16.7 Å². The van der Waals surface area contributed by atoms with Crippen LogP contribution in [0.3, 0.4) is 0 Å². The average molecular weight is 243 g/mol. The molecule has 0 amide bonds. The molecule has 0 bridgehead atoms. The quantitative estimate of drug-likeness (QED) is 0.875. The van der Waals surface area contributed by atoms with Crippen LogP contribution in [-0.4, -0.2) is 30.9 Å². The van der Waals surface area contributed by atoms with Crippen molar-refractivity contribution in [2.45, 2.75) is 4.34 Å². The second-order valence-electron chi connectivity index (χ2n) is 2.99. The Kier molecular flexibility index (Phi) is 2.72. The first-order valence-corrected chi connectivity index (χ1v) is 6.79. The van der Waals surface area contributed by atoms with Gasteiger partial charge in [0, 0.05) is 0 Å². The second-order valence-corrected chi connectivity index (χ2v) is 6.30. The third kappa shape index (κ3) is 2.01. The van der Waals surface area contributed by atoms with Crippen molar-refractivity contribution in [2.24, 2.45) is 0 Å². The van der Waals surface area contributed by atoms with E-state index in [0.29, 0.717) is 5.52 Å². The molecule has 0 radical (unpaired) electrons. The summed E-state index contributed by atoms with van der Waals surface area (Å²) in [5, 5.41) is 8.64. The molecule has 0 saturated carbocycles. The zero-order chi connectivity index (χ0) is 10.9. The Labute approximate surface area is 91.1 Å². The maximum atomic E-state index is 11.6. The molecule has 4 nitrogen and oxygen atoms in total. The van der Waals surface area contributed by atoms with Gasteiger partial charge < -0.3 is 5.11 Å². The minimum absolute atomic E-state index is 0.0813. The molecule has 6 heteroatoms. The van der Waals surface area contributed by atoms with Crippen LogP contribution in [-0.2, 0) is 9.84 Å². The molecular formula is C9H9NO3S2. The fourth-order valence-corrected chi connectivity index (χ4v) is 3.57. The number of nitrogens with zero attached hydrogens (tertiary/aromatic N) is 1. The highest BCUT2D eigenvalue weighted by atomic mass is 32.2. The lowest BCUT2D eigenvalue weighted by Crippen LogP contribution is -2.09. The molecule has 0 atom stereocenters. The lowest BCUT2D eigenvalue weighted by molar-refractivity contribution is 0.319. The first-order chi connectivity index (χ1) is 7.13. The molecule has 1 N–H and O–H groups in total. The molecule has 0 saturated heterocycles. The Morgan fingerprint density at radius 3 is 2.73 bits per heavy atom. The Morgan fingerprint density at radius 1 is 1.33 bits per heavy atom. The van der Waals surface area contributed by atoms with Crippen molar-refractivity contribution in [3.63, 3.8) is 0 Å². The zero-order valence-electron chi connectivity index (χ0n) is 7.75. The van der Waals surface area contributed by atoms with E-state index in [1.54, 1.807) is 6.07 Å². The minimum atomic E-state index is -3.41. The van der Waals surface area contributed by atoms with Crippen molar-refractivity contribution in [2.75, 3.05) is 12.4 Å². The van der Waals surface area contributed by atoms with E-state index >= 15 is 0 Å². The van der Waals surface area contributed by atoms with E-state index in [0.717, 1.165) is 16.0 Å². The predicted molar refractivity (Wildman–Crippen MR) is 58.8 cm³/mol. The number of thiazole rings is 1. The number of benzene rings is 1. The van der Waals surface area contributed by atoms with Gasteiger partial charge in [0.15, 0.2) is 0 Å². The molecule has 0 aliphatic rings. The van der Waals surface area contributed by atoms with Gasteiger partial charge in [-0.3, -0.25) is 0 Å². The molecule has 2 rings (SSSR count). The highest BCUT2D eigenvalue weighted by molar-refractivity contribution is 7.93. The van der Waals surface area contributed by atoms with Crippen molar-refractivity contribution in [3.8, 4) is 0 Å². The summed E-state index contributed by atoms with van der Waals surface area (Å²) in [6.07, 6.45) is 0. The van der Waals surface area contributed by atoms with E-state index in [9.17, 15) is 8.42 Å². The molecule has 0 fully saturated rings. The largest absolute Gasteiger partial charge is 0.395 e. The van der Waals surface area contributed by atoms with Crippen LogP contribution in [0.2, 0.25) is 0 Å². The van der Waals surface area contributed by atoms with Gasteiger partial charge in [-0.25, -0.2) is 13.4 Å². The summed E-state index contributed by atoms with van der Waals surface area (Å²) in [6.45, 7) is -0.377. The van der Waals surface area contributed by atoms with Crippen molar-refractivity contribution in [1.82, 2.24) is 4.98 Å². The molecule has 80 valence electrons. The van der Waals surface area contributed by atoms with Crippen LogP contribution < -0.4 is 0 Å². The van der Waals surface area contributed by atoms with E-state index in [4.69, 9.17) is 5.11 Å². The number of rotatable bonds is 3. The monoisotopic (exact) mass is 243 g/mol. The standard InChI is InChI=1S/C9H9NO3S2/c11-5-6-15(12,13)9-10-7-3-1-2-4-8(7)14-9/h1-4,11H,5-6H2.